The van der Waals surface area contributed by atoms with Gasteiger partial charge in [-0.05, 0) is 30.7 Å². The summed E-state index contributed by atoms with van der Waals surface area (Å²) in [7, 11) is 1.83. The molecule has 0 saturated carbocycles. The molecule has 0 saturated heterocycles. The van der Waals surface area contributed by atoms with Gasteiger partial charge in [0.05, 0.1) is 22.3 Å². The Bertz CT molecular complexity index is 1330. The molecule has 3 heterocycles. The van der Waals surface area contributed by atoms with E-state index < -0.39 is 17.7 Å². The van der Waals surface area contributed by atoms with E-state index in [9.17, 15) is 18.0 Å². The number of rotatable bonds is 2. The summed E-state index contributed by atoms with van der Waals surface area (Å²) in [5.41, 5.74) is 2.07. The number of fused-ring (bicyclic) bond motifs is 2. The van der Waals surface area contributed by atoms with E-state index in [-0.39, 0.29) is 17.9 Å². The number of anilines is 1. The number of carbonyl (C=O) groups excluding carboxylic acids is 1. The first-order chi connectivity index (χ1) is 14.8. The summed E-state index contributed by atoms with van der Waals surface area (Å²) in [5, 5.41) is 7.36. The van der Waals surface area contributed by atoms with E-state index >= 15 is 0 Å². The van der Waals surface area contributed by atoms with Crippen molar-refractivity contribution in [1.82, 2.24) is 19.3 Å². The molecule has 0 fully saturated rings. The Balaban J connectivity index is 1.73. The number of nitrogens with one attached hydrogen (secondary N) is 1. The van der Waals surface area contributed by atoms with Gasteiger partial charge in [-0.3, -0.25) is 4.79 Å². The molecule has 1 amide bonds. The van der Waals surface area contributed by atoms with E-state index in [0.717, 1.165) is 17.1 Å². The van der Waals surface area contributed by atoms with Gasteiger partial charge in [0.1, 0.15) is 5.82 Å². The van der Waals surface area contributed by atoms with Gasteiger partial charge < -0.3 is 9.88 Å². The van der Waals surface area contributed by atoms with Gasteiger partial charge >= 0.3 is 6.18 Å². The molecule has 6 nitrogen and oxygen atoms in total. The van der Waals surface area contributed by atoms with Crippen molar-refractivity contribution in [2.75, 3.05) is 5.32 Å². The van der Waals surface area contributed by atoms with E-state index in [1.807, 2.05) is 35.9 Å². The maximum absolute atomic E-state index is 13.7. The Hall–Kier alpha value is -3.62. The fourth-order valence-corrected chi connectivity index (χ4v) is 4.34. The Morgan fingerprint density at radius 3 is 2.55 bits per heavy atom. The zero-order chi connectivity index (χ0) is 21.9. The van der Waals surface area contributed by atoms with Gasteiger partial charge in [-0.2, -0.15) is 23.0 Å². The van der Waals surface area contributed by atoms with E-state index in [0.29, 0.717) is 23.0 Å². The first kappa shape index (κ1) is 19.3. The normalized spacial score (nSPS) is 16.4. The standard InChI is InChI=1S/C22H18F3N5O/c1-12-19-14(13-7-3-4-8-15(13)22(23,24)25)11-18(31)27-20(19)30(28-12)21-26-16-9-5-6-10-17(16)29(21)2/h3-10,14H,11H2,1-2H3,(H,27,31). The van der Waals surface area contributed by atoms with Crippen LogP contribution in [0.4, 0.5) is 19.0 Å². The van der Waals surface area contributed by atoms with Gasteiger partial charge in [0, 0.05) is 24.9 Å². The lowest BCUT2D eigenvalue weighted by Gasteiger charge is -2.26. The number of imidazole rings is 1. The first-order valence-electron chi connectivity index (χ1n) is 9.73. The van der Waals surface area contributed by atoms with Crippen molar-refractivity contribution in [3.63, 3.8) is 0 Å². The lowest BCUT2D eigenvalue weighted by atomic mass is 9.83. The highest BCUT2D eigenvalue weighted by Gasteiger charge is 2.40. The average molecular weight is 425 g/mol. The van der Waals surface area contributed by atoms with Gasteiger partial charge in [-0.1, -0.05) is 30.3 Å². The minimum atomic E-state index is -4.52. The zero-order valence-corrected chi connectivity index (χ0v) is 16.7. The third kappa shape index (κ3) is 2.99. The molecule has 158 valence electrons. The van der Waals surface area contributed by atoms with E-state index in [4.69, 9.17) is 0 Å². The summed E-state index contributed by atoms with van der Waals surface area (Å²) in [4.78, 5) is 17.2. The average Bonchev–Trinajstić information content (AvgIpc) is 3.24. The summed E-state index contributed by atoms with van der Waals surface area (Å²) in [5.74, 6) is -0.302. The molecule has 1 atom stereocenters. The Labute approximate surface area is 175 Å². The molecule has 0 spiro atoms. The summed E-state index contributed by atoms with van der Waals surface area (Å²) in [6, 6.07) is 12.9. The van der Waals surface area contributed by atoms with Gasteiger partial charge in [0.25, 0.3) is 0 Å². The highest BCUT2D eigenvalue weighted by atomic mass is 19.4. The fraction of sp³-hybridized carbons (Fsp3) is 0.227. The predicted molar refractivity (Wildman–Crippen MR) is 109 cm³/mol. The van der Waals surface area contributed by atoms with Crippen LogP contribution in [0.15, 0.2) is 48.5 Å². The number of amides is 1. The Morgan fingerprint density at radius 1 is 1.10 bits per heavy atom. The topological polar surface area (TPSA) is 64.7 Å². The molecule has 9 heteroatoms. The van der Waals surface area contributed by atoms with Gasteiger partial charge in [-0.15, -0.1) is 0 Å². The largest absolute Gasteiger partial charge is 0.416 e. The van der Waals surface area contributed by atoms with Crippen LogP contribution in [-0.2, 0) is 18.0 Å². The molecular formula is C22H18F3N5O. The SMILES string of the molecule is Cc1nn(-c2nc3ccccc3n2C)c2c1C(c1ccccc1C(F)(F)F)CC(=O)N2. The maximum Gasteiger partial charge on any atom is 0.416 e. The molecule has 1 aliphatic heterocycles. The van der Waals surface area contributed by atoms with Crippen LogP contribution >= 0.6 is 0 Å². The number of hydrogen-bond donors (Lipinski definition) is 1. The molecule has 1 N–H and O–H groups in total. The van der Waals surface area contributed by atoms with Crippen LogP contribution in [0.2, 0.25) is 0 Å². The third-order valence-corrected chi connectivity index (χ3v) is 5.70. The maximum atomic E-state index is 13.7. The van der Waals surface area contributed by atoms with Gasteiger partial charge in [-0.25, -0.2) is 4.98 Å². The second kappa shape index (κ2) is 6.69. The molecule has 0 aliphatic carbocycles. The zero-order valence-electron chi connectivity index (χ0n) is 16.7. The van der Waals surface area contributed by atoms with Gasteiger partial charge in [0.2, 0.25) is 11.9 Å². The van der Waals surface area contributed by atoms with E-state index in [1.54, 1.807) is 13.0 Å². The summed E-state index contributed by atoms with van der Waals surface area (Å²) in [6.45, 7) is 1.73. The first-order valence-corrected chi connectivity index (χ1v) is 9.73. The van der Waals surface area contributed by atoms with Crippen molar-refractivity contribution in [3.05, 3.63) is 70.9 Å². The van der Waals surface area contributed by atoms with Crippen LogP contribution in [0.3, 0.4) is 0 Å². The van der Waals surface area contributed by atoms with Crippen LogP contribution in [0.5, 0.6) is 0 Å². The quantitative estimate of drug-likeness (QED) is 0.512. The predicted octanol–water partition coefficient (Wildman–Crippen LogP) is 4.56. The molecule has 2 aromatic heterocycles. The number of aromatic nitrogens is 4. The van der Waals surface area contributed by atoms with Crippen molar-refractivity contribution in [1.29, 1.82) is 0 Å². The second-order valence-electron chi connectivity index (χ2n) is 7.61. The van der Waals surface area contributed by atoms with Crippen LogP contribution < -0.4 is 5.32 Å². The minimum Gasteiger partial charge on any atom is -0.311 e. The molecule has 2 aromatic carbocycles. The van der Waals surface area contributed by atoms with Crippen molar-refractivity contribution >= 4 is 22.8 Å². The van der Waals surface area contributed by atoms with Crippen molar-refractivity contribution < 1.29 is 18.0 Å². The highest BCUT2D eigenvalue weighted by Crippen LogP contribution is 2.44. The lowest BCUT2D eigenvalue weighted by molar-refractivity contribution is -0.138. The second-order valence-corrected chi connectivity index (χ2v) is 7.61. The number of para-hydroxylation sites is 2. The number of halogens is 3. The van der Waals surface area contributed by atoms with Crippen LogP contribution in [0.25, 0.3) is 17.0 Å². The highest BCUT2D eigenvalue weighted by molar-refractivity contribution is 5.95. The molecule has 4 aromatic rings. The Morgan fingerprint density at radius 2 is 1.81 bits per heavy atom. The van der Waals surface area contributed by atoms with E-state index in [1.165, 1.54) is 16.8 Å². The smallest absolute Gasteiger partial charge is 0.311 e. The van der Waals surface area contributed by atoms with Crippen molar-refractivity contribution in [2.45, 2.75) is 25.4 Å². The summed E-state index contributed by atoms with van der Waals surface area (Å²) in [6.07, 6.45) is -4.61. The Kier molecular flexibility index (Phi) is 4.18. The molecule has 1 unspecified atom stereocenters. The number of hydrogen-bond acceptors (Lipinski definition) is 3. The fourth-order valence-electron chi connectivity index (χ4n) is 4.34. The van der Waals surface area contributed by atoms with Crippen molar-refractivity contribution in [3.8, 4) is 5.95 Å². The molecular weight excluding hydrogens is 407 g/mol. The molecule has 0 bridgehead atoms. The number of carbonyl (C=O) groups is 1. The van der Waals surface area contributed by atoms with Crippen molar-refractivity contribution in [2.24, 2.45) is 7.05 Å². The monoisotopic (exact) mass is 425 g/mol. The van der Waals surface area contributed by atoms with Crippen LogP contribution in [-0.4, -0.2) is 25.2 Å². The summed E-state index contributed by atoms with van der Waals surface area (Å²) < 4.78 is 44.4. The van der Waals surface area contributed by atoms with Gasteiger partial charge in [0.15, 0.2) is 0 Å². The minimum absolute atomic E-state index is 0.0683. The number of nitrogens with zero attached hydrogens (tertiary/aromatic N) is 4. The number of benzene rings is 2. The number of alkyl halides is 3. The molecule has 1 aliphatic rings. The van der Waals surface area contributed by atoms with Crippen LogP contribution in [0, 0.1) is 6.92 Å². The molecule has 31 heavy (non-hydrogen) atoms. The molecule has 0 radical (unpaired) electrons. The lowest BCUT2D eigenvalue weighted by Crippen LogP contribution is -2.26. The number of aryl methyl sites for hydroxylation is 2. The summed E-state index contributed by atoms with van der Waals surface area (Å²) >= 11 is 0. The third-order valence-electron chi connectivity index (χ3n) is 5.70. The molecule has 5 rings (SSSR count). The van der Waals surface area contributed by atoms with Crippen LogP contribution in [0.1, 0.15) is 34.7 Å². The van der Waals surface area contributed by atoms with E-state index in [2.05, 4.69) is 15.4 Å².